The van der Waals surface area contributed by atoms with Crippen molar-refractivity contribution in [3.63, 3.8) is 0 Å². The van der Waals surface area contributed by atoms with Crippen molar-refractivity contribution in [1.29, 1.82) is 0 Å². The molecule has 0 spiro atoms. The molecule has 0 unspecified atom stereocenters. The van der Waals surface area contributed by atoms with Crippen LogP contribution in [0.25, 0.3) is 11.1 Å². The van der Waals surface area contributed by atoms with Crippen molar-refractivity contribution in [2.75, 3.05) is 0 Å². The minimum Gasteiger partial charge on any atom is -0.478 e. The van der Waals surface area contributed by atoms with Crippen molar-refractivity contribution in [3.05, 3.63) is 129 Å². The highest BCUT2D eigenvalue weighted by Gasteiger charge is 2.21. The zero-order valence-electron chi connectivity index (χ0n) is 19.6. The number of aromatic carboxylic acids is 1. The van der Waals surface area contributed by atoms with Gasteiger partial charge in [0.05, 0.1) is 11.3 Å². The maximum Gasteiger partial charge on any atom is 0.335 e. The van der Waals surface area contributed by atoms with Crippen LogP contribution in [0.5, 0.6) is 0 Å². The molecule has 0 aliphatic heterocycles. The summed E-state index contributed by atoms with van der Waals surface area (Å²) < 4.78 is 1.47. The van der Waals surface area contributed by atoms with Crippen molar-refractivity contribution in [1.82, 2.24) is 4.57 Å². The van der Waals surface area contributed by atoms with Crippen LogP contribution in [0.4, 0.5) is 0 Å². The number of aryl methyl sites for hydroxylation is 2. The van der Waals surface area contributed by atoms with Crippen LogP contribution in [0.2, 0.25) is 0 Å². The fourth-order valence-corrected chi connectivity index (χ4v) is 4.27. The number of carbonyl (C=O) groups is 1. The summed E-state index contributed by atoms with van der Waals surface area (Å²) in [6, 6.07) is 26.2. The van der Waals surface area contributed by atoms with E-state index in [0.29, 0.717) is 17.7 Å². The Labute approximate surface area is 203 Å². The van der Waals surface area contributed by atoms with Crippen LogP contribution in [-0.4, -0.2) is 26.6 Å². The smallest absolute Gasteiger partial charge is 0.335 e. The van der Waals surface area contributed by atoms with E-state index >= 15 is 0 Å². The first-order valence-electron chi connectivity index (χ1n) is 11.2. The SMILES string of the molecule is Cc1ccccc1[C@@H](C/C(=N\O)c1ccc(=O)n(C)c1)c1ccc(-c2ccc(C(=O)O)cc2)cc1. The Morgan fingerprint density at radius 2 is 1.49 bits per heavy atom. The van der Waals surface area contributed by atoms with Gasteiger partial charge < -0.3 is 14.9 Å². The molecule has 1 atom stereocenters. The second kappa shape index (κ2) is 10.2. The molecule has 0 fully saturated rings. The van der Waals surface area contributed by atoms with Crippen LogP contribution in [-0.2, 0) is 7.05 Å². The summed E-state index contributed by atoms with van der Waals surface area (Å²) in [6.07, 6.45) is 2.11. The van der Waals surface area contributed by atoms with Gasteiger partial charge in [0, 0.05) is 37.2 Å². The molecule has 4 rings (SSSR count). The number of nitrogens with zero attached hydrogens (tertiary/aromatic N) is 2. The summed E-state index contributed by atoms with van der Waals surface area (Å²) in [5.41, 5.74) is 6.50. The van der Waals surface area contributed by atoms with Crippen molar-refractivity contribution in [2.24, 2.45) is 12.2 Å². The van der Waals surface area contributed by atoms with Crippen LogP contribution in [0.3, 0.4) is 0 Å². The molecule has 0 saturated heterocycles. The molecule has 0 aliphatic rings. The molecule has 0 bridgehead atoms. The van der Waals surface area contributed by atoms with Gasteiger partial charge in [-0.2, -0.15) is 0 Å². The molecule has 0 saturated carbocycles. The van der Waals surface area contributed by atoms with E-state index in [9.17, 15) is 14.8 Å². The van der Waals surface area contributed by atoms with Crippen LogP contribution in [0, 0.1) is 6.92 Å². The van der Waals surface area contributed by atoms with Crippen molar-refractivity contribution in [2.45, 2.75) is 19.3 Å². The molecular weight excluding hydrogens is 440 g/mol. The maximum absolute atomic E-state index is 11.8. The number of pyridine rings is 1. The van der Waals surface area contributed by atoms with E-state index in [0.717, 1.165) is 27.8 Å². The summed E-state index contributed by atoms with van der Waals surface area (Å²) in [5, 5.41) is 22.6. The normalized spacial score (nSPS) is 12.3. The van der Waals surface area contributed by atoms with Crippen molar-refractivity contribution in [3.8, 4) is 11.1 Å². The van der Waals surface area contributed by atoms with E-state index < -0.39 is 5.97 Å². The lowest BCUT2D eigenvalue weighted by Gasteiger charge is -2.21. The van der Waals surface area contributed by atoms with Gasteiger partial charge in [0.1, 0.15) is 0 Å². The second-order valence-electron chi connectivity index (χ2n) is 8.53. The predicted molar refractivity (Wildman–Crippen MR) is 136 cm³/mol. The van der Waals surface area contributed by atoms with Gasteiger partial charge in [-0.25, -0.2) is 4.79 Å². The van der Waals surface area contributed by atoms with E-state index in [2.05, 4.69) is 24.2 Å². The first kappa shape index (κ1) is 23.7. The second-order valence-corrected chi connectivity index (χ2v) is 8.53. The third kappa shape index (κ3) is 5.22. The van der Waals surface area contributed by atoms with Gasteiger partial charge in [-0.05, 0) is 52.9 Å². The highest BCUT2D eigenvalue weighted by molar-refractivity contribution is 6.00. The Kier molecular flexibility index (Phi) is 6.92. The van der Waals surface area contributed by atoms with E-state index in [1.165, 1.54) is 10.6 Å². The fraction of sp³-hybridized carbons (Fsp3) is 0.138. The highest BCUT2D eigenvalue weighted by atomic mass is 16.4. The monoisotopic (exact) mass is 466 g/mol. The van der Waals surface area contributed by atoms with E-state index in [4.69, 9.17) is 5.11 Å². The van der Waals surface area contributed by atoms with E-state index in [1.807, 2.05) is 36.4 Å². The van der Waals surface area contributed by atoms with Crippen LogP contribution in [0.1, 0.15) is 45.0 Å². The zero-order chi connectivity index (χ0) is 24.9. The molecule has 4 aromatic rings. The Morgan fingerprint density at radius 3 is 2.06 bits per heavy atom. The minimum absolute atomic E-state index is 0.0808. The summed E-state index contributed by atoms with van der Waals surface area (Å²) in [6.45, 7) is 2.06. The Balaban J connectivity index is 1.70. The van der Waals surface area contributed by atoms with E-state index in [-0.39, 0.29) is 17.0 Å². The number of hydrogen-bond acceptors (Lipinski definition) is 4. The molecule has 2 N–H and O–H groups in total. The first-order chi connectivity index (χ1) is 16.9. The summed E-state index contributed by atoms with van der Waals surface area (Å²) in [7, 11) is 1.67. The number of benzene rings is 3. The largest absolute Gasteiger partial charge is 0.478 e. The van der Waals surface area contributed by atoms with Crippen molar-refractivity contribution < 1.29 is 15.1 Å². The standard InChI is InChI=1S/C29H26N2O4/c1-19-5-3-4-6-25(19)26(17-27(30-35)24-15-16-28(32)31(2)18-24)22-11-7-20(8-12-22)21-9-13-23(14-10-21)29(33)34/h3-16,18,26,35H,17H2,1-2H3,(H,33,34)/b30-27+/t26-/m0/s1. The zero-order valence-corrected chi connectivity index (χ0v) is 19.6. The first-order valence-corrected chi connectivity index (χ1v) is 11.2. The van der Waals surface area contributed by atoms with Gasteiger partial charge in [-0.3, -0.25) is 4.79 Å². The Hall–Kier alpha value is -4.45. The summed E-state index contributed by atoms with van der Waals surface area (Å²) in [5.74, 6) is -1.03. The number of carboxylic acid groups (broad SMARTS) is 1. The van der Waals surface area contributed by atoms with Gasteiger partial charge in [-0.15, -0.1) is 0 Å². The lowest BCUT2D eigenvalue weighted by Crippen LogP contribution is -2.18. The third-order valence-electron chi connectivity index (χ3n) is 6.28. The molecule has 176 valence electrons. The van der Waals surface area contributed by atoms with E-state index in [1.54, 1.807) is 43.6 Å². The number of oxime groups is 1. The third-order valence-corrected chi connectivity index (χ3v) is 6.28. The number of hydrogen-bond donors (Lipinski definition) is 2. The van der Waals surface area contributed by atoms with Gasteiger partial charge in [-0.1, -0.05) is 65.8 Å². The molecular formula is C29H26N2O4. The molecule has 6 heteroatoms. The molecule has 1 aromatic heterocycles. The molecule has 0 amide bonds. The average Bonchev–Trinajstić information content (AvgIpc) is 2.87. The number of carboxylic acids is 1. The predicted octanol–water partition coefficient (Wildman–Crippen LogP) is 5.46. The Morgan fingerprint density at radius 1 is 0.886 bits per heavy atom. The molecule has 35 heavy (non-hydrogen) atoms. The summed E-state index contributed by atoms with van der Waals surface area (Å²) in [4.78, 5) is 23.0. The van der Waals surface area contributed by atoms with Crippen LogP contribution >= 0.6 is 0 Å². The average molecular weight is 467 g/mol. The lowest BCUT2D eigenvalue weighted by atomic mass is 9.83. The molecule has 0 aliphatic carbocycles. The molecule has 6 nitrogen and oxygen atoms in total. The molecule has 1 heterocycles. The maximum atomic E-state index is 11.8. The van der Waals surface area contributed by atoms with Gasteiger partial charge in [0.2, 0.25) is 5.56 Å². The van der Waals surface area contributed by atoms with Gasteiger partial charge in [0.25, 0.3) is 0 Å². The fourth-order valence-electron chi connectivity index (χ4n) is 4.27. The topological polar surface area (TPSA) is 91.9 Å². The highest BCUT2D eigenvalue weighted by Crippen LogP contribution is 2.33. The Bertz CT molecular complexity index is 1440. The number of aromatic nitrogens is 1. The van der Waals surface area contributed by atoms with Crippen LogP contribution < -0.4 is 5.56 Å². The van der Waals surface area contributed by atoms with Gasteiger partial charge in [0.15, 0.2) is 0 Å². The summed E-state index contributed by atoms with van der Waals surface area (Å²) >= 11 is 0. The van der Waals surface area contributed by atoms with Gasteiger partial charge >= 0.3 is 5.97 Å². The molecule has 0 radical (unpaired) electrons. The quantitative estimate of drug-likeness (QED) is 0.215. The van der Waals surface area contributed by atoms with Crippen molar-refractivity contribution >= 4 is 11.7 Å². The lowest BCUT2D eigenvalue weighted by molar-refractivity contribution is 0.0697. The minimum atomic E-state index is -0.951. The van der Waals surface area contributed by atoms with Crippen LogP contribution in [0.15, 0.2) is 101 Å². The number of rotatable bonds is 7. The molecule has 3 aromatic carbocycles.